The van der Waals surface area contributed by atoms with Crippen LogP contribution in [0.4, 0.5) is 5.82 Å². The maximum Gasteiger partial charge on any atom is 0.128 e. The van der Waals surface area contributed by atoms with Gasteiger partial charge >= 0.3 is 0 Å². The fourth-order valence-corrected chi connectivity index (χ4v) is 1.62. The standard InChI is InChI=1S/C11H17BrN2/c1-4-14(8-9(2)3)11-6-5-10(12)7-13-11/h5-7,9H,4,8H2,1-3H3. The first-order valence-corrected chi connectivity index (χ1v) is 5.79. The summed E-state index contributed by atoms with van der Waals surface area (Å²) >= 11 is 3.39. The molecule has 0 aliphatic carbocycles. The van der Waals surface area contributed by atoms with Gasteiger partial charge in [0.15, 0.2) is 0 Å². The van der Waals surface area contributed by atoms with Crippen molar-refractivity contribution < 1.29 is 0 Å². The lowest BCUT2D eigenvalue weighted by atomic mass is 10.2. The lowest BCUT2D eigenvalue weighted by Gasteiger charge is -2.23. The van der Waals surface area contributed by atoms with Gasteiger partial charge < -0.3 is 4.90 Å². The average Bonchev–Trinajstić information content (AvgIpc) is 2.15. The molecule has 0 spiro atoms. The van der Waals surface area contributed by atoms with E-state index >= 15 is 0 Å². The highest BCUT2D eigenvalue weighted by Gasteiger charge is 2.06. The minimum Gasteiger partial charge on any atom is -0.357 e. The summed E-state index contributed by atoms with van der Waals surface area (Å²) in [7, 11) is 0. The summed E-state index contributed by atoms with van der Waals surface area (Å²) in [5, 5.41) is 0. The maximum absolute atomic E-state index is 4.38. The molecule has 14 heavy (non-hydrogen) atoms. The van der Waals surface area contributed by atoms with Crippen molar-refractivity contribution in [2.75, 3.05) is 18.0 Å². The topological polar surface area (TPSA) is 16.1 Å². The molecule has 1 rings (SSSR count). The zero-order valence-corrected chi connectivity index (χ0v) is 10.6. The van der Waals surface area contributed by atoms with E-state index in [4.69, 9.17) is 0 Å². The second-order valence-corrected chi connectivity index (χ2v) is 4.68. The molecule has 0 N–H and O–H groups in total. The summed E-state index contributed by atoms with van der Waals surface area (Å²) in [5.74, 6) is 1.73. The van der Waals surface area contributed by atoms with Crippen LogP contribution in [-0.4, -0.2) is 18.1 Å². The molecule has 1 heterocycles. The van der Waals surface area contributed by atoms with Gasteiger partial charge in [-0.05, 0) is 40.9 Å². The third-order valence-corrected chi connectivity index (χ3v) is 2.47. The highest BCUT2D eigenvalue weighted by Crippen LogP contribution is 2.15. The zero-order valence-electron chi connectivity index (χ0n) is 9.00. The van der Waals surface area contributed by atoms with Crippen molar-refractivity contribution in [2.24, 2.45) is 5.92 Å². The Morgan fingerprint density at radius 2 is 2.14 bits per heavy atom. The van der Waals surface area contributed by atoms with Crippen molar-refractivity contribution in [2.45, 2.75) is 20.8 Å². The molecule has 2 nitrogen and oxygen atoms in total. The van der Waals surface area contributed by atoms with Gasteiger partial charge in [-0.3, -0.25) is 0 Å². The molecule has 0 radical (unpaired) electrons. The lowest BCUT2D eigenvalue weighted by molar-refractivity contribution is 0.614. The molecule has 0 bridgehead atoms. The molecule has 1 aromatic rings. The molecular formula is C11H17BrN2. The van der Waals surface area contributed by atoms with E-state index in [2.05, 4.69) is 52.7 Å². The van der Waals surface area contributed by atoms with Gasteiger partial charge in [-0.1, -0.05) is 13.8 Å². The van der Waals surface area contributed by atoms with E-state index in [1.807, 2.05) is 12.3 Å². The number of aromatic nitrogens is 1. The van der Waals surface area contributed by atoms with E-state index in [0.717, 1.165) is 23.4 Å². The summed E-state index contributed by atoms with van der Waals surface area (Å²) in [6, 6.07) is 4.08. The Bertz CT molecular complexity index is 269. The molecule has 0 atom stereocenters. The first kappa shape index (κ1) is 11.5. The molecular weight excluding hydrogens is 240 g/mol. The number of nitrogens with zero attached hydrogens (tertiary/aromatic N) is 2. The van der Waals surface area contributed by atoms with Crippen molar-refractivity contribution in [1.82, 2.24) is 4.98 Å². The lowest BCUT2D eigenvalue weighted by Crippen LogP contribution is -2.27. The summed E-state index contributed by atoms with van der Waals surface area (Å²) in [6.07, 6.45) is 1.85. The first-order valence-electron chi connectivity index (χ1n) is 5.00. The number of anilines is 1. The van der Waals surface area contributed by atoms with Crippen LogP contribution in [0.3, 0.4) is 0 Å². The number of hydrogen-bond acceptors (Lipinski definition) is 2. The van der Waals surface area contributed by atoms with Crippen molar-refractivity contribution in [3.8, 4) is 0 Å². The van der Waals surface area contributed by atoms with Crippen LogP contribution in [0.1, 0.15) is 20.8 Å². The Balaban J connectivity index is 2.73. The minimum absolute atomic E-state index is 0.667. The molecule has 0 saturated heterocycles. The van der Waals surface area contributed by atoms with Crippen LogP contribution in [0.25, 0.3) is 0 Å². The Kier molecular flexibility index (Phi) is 4.39. The predicted molar refractivity (Wildman–Crippen MR) is 64.7 cm³/mol. The molecule has 1 aromatic heterocycles. The van der Waals surface area contributed by atoms with Gasteiger partial charge in [-0.15, -0.1) is 0 Å². The van der Waals surface area contributed by atoms with Gasteiger partial charge in [0.1, 0.15) is 5.82 Å². The molecule has 0 amide bonds. The Morgan fingerprint density at radius 3 is 2.57 bits per heavy atom. The summed E-state index contributed by atoms with van der Waals surface area (Å²) in [5.41, 5.74) is 0. The van der Waals surface area contributed by atoms with Gasteiger partial charge in [-0.2, -0.15) is 0 Å². The Hall–Kier alpha value is -0.570. The van der Waals surface area contributed by atoms with Crippen LogP contribution in [0.5, 0.6) is 0 Å². The van der Waals surface area contributed by atoms with Gasteiger partial charge in [0, 0.05) is 23.8 Å². The summed E-state index contributed by atoms with van der Waals surface area (Å²) < 4.78 is 1.03. The van der Waals surface area contributed by atoms with Gasteiger partial charge in [0.05, 0.1) is 0 Å². The minimum atomic E-state index is 0.667. The number of pyridine rings is 1. The monoisotopic (exact) mass is 256 g/mol. The number of hydrogen-bond donors (Lipinski definition) is 0. The van der Waals surface area contributed by atoms with Crippen molar-refractivity contribution >= 4 is 21.7 Å². The Morgan fingerprint density at radius 1 is 1.43 bits per heavy atom. The quantitative estimate of drug-likeness (QED) is 0.822. The van der Waals surface area contributed by atoms with Crippen molar-refractivity contribution in [1.29, 1.82) is 0 Å². The molecule has 0 aromatic carbocycles. The van der Waals surface area contributed by atoms with Crippen LogP contribution in [0, 0.1) is 5.92 Å². The Labute approximate surface area is 94.5 Å². The second kappa shape index (κ2) is 5.35. The van der Waals surface area contributed by atoms with Crippen molar-refractivity contribution in [3.63, 3.8) is 0 Å². The van der Waals surface area contributed by atoms with Crippen LogP contribution in [0.15, 0.2) is 22.8 Å². The first-order chi connectivity index (χ1) is 6.63. The molecule has 78 valence electrons. The van der Waals surface area contributed by atoms with Crippen LogP contribution >= 0.6 is 15.9 Å². The molecule has 0 fully saturated rings. The third-order valence-electron chi connectivity index (χ3n) is 2.00. The van der Waals surface area contributed by atoms with Crippen molar-refractivity contribution in [3.05, 3.63) is 22.8 Å². The fraction of sp³-hybridized carbons (Fsp3) is 0.545. The van der Waals surface area contributed by atoms with Gasteiger partial charge in [0.25, 0.3) is 0 Å². The van der Waals surface area contributed by atoms with Crippen LogP contribution in [-0.2, 0) is 0 Å². The summed E-state index contributed by atoms with van der Waals surface area (Å²) in [4.78, 5) is 6.67. The molecule has 0 aliphatic rings. The number of halogens is 1. The van der Waals surface area contributed by atoms with E-state index in [-0.39, 0.29) is 0 Å². The second-order valence-electron chi connectivity index (χ2n) is 3.77. The summed E-state index contributed by atoms with van der Waals surface area (Å²) in [6.45, 7) is 8.67. The molecule has 0 unspecified atom stereocenters. The third kappa shape index (κ3) is 3.29. The largest absolute Gasteiger partial charge is 0.357 e. The van der Waals surface area contributed by atoms with Crippen LogP contribution < -0.4 is 4.90 Å². The highest BCUT2D eigenvalue weighted by molar-refractivity contribution is 9.10. The smallest absolute Gasteiger partial charge is 0.128 e. The van der Waals surface area contributed by atoms with E-state index in [0.29, 0.717) is 5.92 Å². The van der Waals surface area contributed by atoms with E-state index < -0.39 is 0 Å². The molecule has 3 heteroatoms. The normalized spacial score (nSPS) is 10.6. The molecule has 0 aliphatic heterocycles. The van der Waals surface area contributed by atoms with E-state index in [9.17, 15) is 0 Å². The predicted octanol–water partition coefficient (Wildman–Crippen LogP) is 3.33. The number of rotatable bonds is 4. The van der Waals surface area contributed by atoms with Crippen LogP contribution in [0.2, 0.25) is 0 Å². The average molecular weight is 257 g/mol. The van der Waals surface area contributed by atoms with Gasteiger partial charge in [-0.25, -0.2) is 4.98 Å². The maximum atomic E-state index is 4.38. The SMILES string of the molecule is CCN(CC(C)C)c1ccc(Br)cn1. The zero-order chi connectivity index (χ0) is 10.6. The molecule has 0 saturated carbocycles. The van der Waals surface area contributed by atoms with E-state index in [1.165, 1.54) is 0 Å². The van der Waals surface area contributed by atoms with E-state index in [1.54, 1.807) is 0 Å². The van der Waals surface area contributed by atoms with Gasteiger partial charge in [0.2, 0.25) is 0 Å². The highest BCUT2D eigenvalue weighted by atomic mass is 79.9. The fourth-order valence-electron chi connectivity index (χ4n) is 1.38.